The first-order valence-electron chi connectivity index (χ1n) is 7.31. The highest BCUT2D eigenvalue weighted by Gasteiger charge is 2.13. The van der Waals surface area contributed by atoms with E-state index in [-0.39, 0.29) is 5.91 Å². The van der Waals surface area contributed by atoms with Crippen LogP contribution in [0.5, 0.6) is 0 Å². The van der Waals surface area contributed by atoms with Crippen molar-refractivity contribution in [2.45, 2.75) is 0 Å². The quantitative estimate of drug-likeness (QED) is 0.893. The molecule has 23 heavy (non-hydrogen) atoms. The summed E-state index contributed by atoms with van der Waals surface area (Å²) in [6, 6.07) is 8.61. The van der Waals surface area contributed by atoms with Crippen molar-refractivity contribution in [3.63, 3.8) is 0 Å². The van der Waals surface area contributed by atoms with E-state index in [0.29, 0.717) is 21.3 Å². The summed E-state index contributed by atoms with van der Waals surface area (Å²) in [7, 11) is 0. The minimum atomic E-state index is -0.234. The van der Waals surface area contributed by atoms with Crippen molar-refractivity contribution < 1.29 is 4.79 Å². The third kappa shape index (κ3) is 3.93. The van der Waals surface area contributed by atoms with E-state index in [2.05, 4.69) is 20.5 Å². The molecule has 0 bridgehead atoms. The summed E-state index contributed by atoms with van der Waals surface area (Å²) < 4.78 is 0. The maximum absolute atomic E-state index is 12.2. The summed E-state index contributed by atoms with van der Waals surface area (Å²) in [5.74, 6) is 0.653. The summed E-state index contributed by atoms with van der Waals surface area (Å²) in [6.07, 6.45) is 1.59. The highest BCUT2D eigenvalue weighted by atomic mass is 35.5. The highest BCUT2D eigenvalue weighted by Crippen LogP contribution is 2.25. The molecule has 1 aliphatic rings. The van der Waals surface area contributed by atoms with Gasteiger partial charge < -0.3 is 15.5 Å². The molecule has 1 aliphatic heterocycles. The van der Waals surface area contributed by atoms with Crippen molar-refractivity contribution in [1.29, 1.82) is 0 Å². The Morgan fingerprint density at radius 1 is 1.13 bits per heavy atom. The number of anilines is 2. The van der Waals surface area contributed by atoms with Crippen LogP contribution < -0.4 is 15.5 Å². The average Bonchev–Trinajstić information content (AvgIpc) is 2.59. The summed E-state index contributed by atoms with van der Waals surface area (Å²) in [5, 5.41) is 6.93. The molecule has 7 heteroatoms. The van der Waals surface area contributed by atoms with Crippen LogP contribution in [0.2, 0.25) is 10.0 Å². The number of halogens is 2. The molecule has 0 saturated carbocycles. The number of hydrogen-bond donors (Lipinski definition) is 2. The zero-order chi connectivity index (χ0) is 16.2. The first kappa shape index (κ1) is 16.1. The normalized spacial score (nSPS) is 14.6. The Kier molecular flexibility index (Phi) is 5.00. The lowest BCUT2D eigenvalue weighted by Crippen LogP contribution is -2.43. The molecule has 2 aromatic rings. The summed E-state index contributed by atoms with van der Waals surface area (Å²) in [4.78, 5) is 18.8. The van der Waals surface area contributed by atoms with E-state index in [1.54, 1.807) is 30.5 Å². The Morgan fingerprint density at radius 2 is 1.91 bits per heavy atom. The van der Waals surface area contributed by atoms with Gasteiger partial charge in [0.25, 0.3) is 5.91 Å². The first-order valence-corrected chi connectivity index (χ1v) is 8.07. The number of rotatable bonds is 3. The molecule has 120 valence electrons. The molecule has 0 aliphatic carbocycles. The number of nitrogens with zero attached hydrogens (tertiary/aromatic N) is 2. The highest BCUT2D eigenvalue weighted by molar-refractivity contribution is 6.42. The number of benzene rings is 1. The van der Waals surface area contributed by atoms with Crippen molar-refractivity contribution in [2.75, 3.05) is 36.4 Å². The Hall–Kier alpha value is -1.82. The van der Waals surface area contributed by atoms with Gasteiger partial charge in [-0.1, -0.05) is 23.2 Å². The third-order valence-electron chi connectivity index (χ3n) is 3.63. The molecule has 0 atom stereocenters. The first-order chi connectivity index (χ1) is 11.1. The van der Waals surface area contributed by atoms with Crippen molar-refractivity contribution in [2.24, 2.45) is 0 Å². The van der Waals surface area contributed by atoms with Crippen LogP contribution in [0.15, 0.2) is 36.5 Å². The van der Waals surface area contributed by atoms with Gasteiger partial charge in [0.2, 0.25) is 0 Å². The Morgan fingerprint density at radius 3 is 2.57 bits per heavy atom. The Balaban J connectivity index is 1.68. The predicted molar refractivity (Wildman–Crippen MR) is 93.7 cm³/mol. The van der Waals surface area contributed by atoms with Crippen LogP contribution in [-0.2, 0) is 0 Å². The molecule has 0 unspecified atom stereocenters. The third-order valence-corrected chi connectivity index (χ3v) is 4.37. The van der Waals surface area contributed by atoms with Crippen molar-refractivity contribution in [3.05, 3.63) is 52.1 Å². The zero-order valence-electron chi connectivity index (χ0n) is 12.4. The second-order valence-corrected chi connectivity index (χ2v) is 6.04. The van der Waals surface area contributed by atoms with Gasteiger partial charge in [-0.3, -0.25) is 4.79 Å². The smallest absolute Gasteiger partial charge is 0.257 e. The number of piperazine rings is 1. The lowest BCUT2D eigenvalue weighted by Gasteiger charge is -2.28. The molecule has 5 nitrogen and oxygen atoms in total. The van der Waals surface area contributed by atoms with Gasteiger partial charge in [-0.05, 0) is 30.3 Å². The number of nitrogens with one attached hydrogen (secondary N) is 2. The van der Waals surface area contributed by atoms with Gasteiger partial charge in [0.15, 0.2) is 0 Å². The van der Waals surface area contributed by atoms with E-state index >= 15 is 0 Å². The molecular formula is C16H16Cl2N4O. The topological polar surface area (TPSA) is 57.3 Å². The van der Waals surface area contributed by atoms with E-state index in [9.17, 15) is 4.79 Å². The molecule has 0 spiro atoms. The SMILES string of the molecule is O=C(Nc1ccc(Cl)c(Cl)c1)c1ccc(N2CCNCC2)nc1. The molecule has 2 heterocycles. The van der Waals surface area contributed by atoms with Gasteiger partial charge in [0, 0.05) is 38.1 Å². The predicted octanol–water partition coefficient (Wildman–Crippen LogP) is 3.05. The number of hydrogen-bond acceptors (Lipinski definition) is 4. The van der Waals surface area contributed by atoms with Gasteiger partial charge >= 0.3 is 0 Å². The second kappa shape index (κ2) is 7.17. The van der Waals surface area contributed by atoms with E-state index in [1.807, 2.05) is 6.07 Å². The fraction of sp³-hybridized carbons (Fsp3) is 0.250. The van der Waals surface area contributed by atoms with Gasteiger partial charge in [-0.15, -0.1) is 0 Å². The standard InChI is InChI=1S/C16H16Cl2N4O/c17-13-3-2-12(9-14(13)18)21-16(23)11-1-4-15(20-10-11)22-7-5-19-6-8-22/h1-4,9-10,19H,5-8H2,(H,21,23). The van der Waals surface area contributed by atoms with Crippen LogP contribution in [-0.4, -0.2) is 37.1 Å². The molecule has 0 radical (unpaired) electrons. The number of aromatic nitrogens is 1. The Bertz CT molecular complexity index is 700. The lowest BCUT2D eigenvalue weighted by molar-refractivity contribution is 0.102. The van der Waals surface area contributed by atoms with Crippen LogP contribution >= 0.6 is 23.2 Å². The van der Waals surface area contributed by atoms with E-state index in [1.165, 1.54) is 0 Å². The summed E-state index contributed by atoms with van der Waals surface area (Å²) >= 11 is 11.8. The average molecular weight is 351 g/mol. The molecule has 3 rings (SSSR count). The Labute approximate surface area is 144 Å². The summed E-state index contributed by atoms with van der Waals surface area (Å²) in [6.45, 7) is 3.73. The minimum Gasteiger partial charge on any atom is -0.354 e. The lowest BCUT2D eigenvalue weighted by atomic mass is 10.2. The number of carbonyl (C=O) groups excluding carboxylic acids is 1. The molecular weight excluding hydrogens is 335 g/mol. The van der Waals surface area contributed by atoms with Gasteiger partial charge in [-0.2, -0.15) is 0 Å². The van der Waals surface area contributed by atoms with Crippen molar-refractivity contribution in [1.82, 2.24) is 10.3 Å². The maximum Gasteiger partial charge on any atom is 0.257 e. The minimum absolute atomic E-state index is 0.234. The van der Waals surface area contributed by atoms with Crippen LogP contribution in [0.4, 0.5) is 11.5 Å². The van der Waals surface area contributed by atoms with Crippen LogP contribution in [0.25, 0.3) is 0 Å². The van der Waals surface area contributed by atoms with Gasteiger partial charge in [0.05, 0.1) is 15.6 Å². The molecule has 1 saturated heterocycles. The molecule has 1 aromatic heterocycles. The fourth-order valence-electron chi connectivity index (χ4n) is 2.38. The second-order valence-electron chi connectivity index (χ2n) is 5.23. The van der Waals surface area contributed by atoms with Crippen molar-refractivity contribution in [3.8, 4) is 0 Å². The zero-order valence-corrected chi connectivity index (χ0v) is 13.9. The van der Waals surface area contributed by atoms with Crippen molar-refractivity contribution >= 4 is 40.6 Å². The van der Waals surface area contributed by atoms with E-state index in [4.69, 9.17) is 23.2 Å². The van der Waals surface area contributed by atoms with E-state index < -0.39 is 0 Å². The fourth-order valence-corrected chi connectivity index (χ4v) is 2.68. The molecule has 1 fully saturated rings. The summed E-state index contributed by atoms with van der Waals surface area (Å²) in [5.41, 5.74) is 1.09. The van der Waals surface area contributed by atoms with Gasteiger partial charge in [-0.25, -0.2) is 4.98 Å². The van der Waals surface area contributed by atoms with Crippen LogP contribution in [0.1, 0.15) is 10.4 Å². The molecule has 1 aromatic carbocycles. The number of carbonyl (C=O) groups is 1. The van der Waals surface area contributed by atoms with Crippen LogP contribution in [0, 0.1) is 0 Å². The van der Waals surface area contributed by atoms with E-state index in [0.717, 1.165) is 32.0 Å². The molecule has 1 amide bonds. The van der Waals surface area contributed by atoms with Gasteiger partial charge in [0.1, 0.15) is 5.82 Å². The number of amides is 1. The maximum atomic E-state index is 12.2. The monoisotopic (exact) mass is 350 g/mol. The van der Waals surface area contributed by atoms with Crippen LogP contribution in [0.3, 0.4) is 0 Å². The number of pyridine rings is 1. The largest absolute Gasteiger partial charge is 0.354 e. The molecule has 2 N–H and O–H groups in total.